The van der Waals surface area contributed by atoms with Crippen LogP contribution in [0.3, 0.4) is 0 Å². The maximum absolute atomic E-state index is 11.6. The van der Waals surface area contributed by atoms with Gasteiger partial charge in [-0.05, 0) is 12.1 Å². The molecule has 0 unspecified atom stereocenters. The Hall–Kier alpha value is -2.01. The van der Waals surface area contributed by atoms with Crippen molar-refractivity contribution in [3.8, 4) is 5.75 Å². The van der Waals surface area contributed by atoms with E-state index in [1.165, 1.54) is 0 Å². The second kappa shape index (κ2) is 8.44. The molecule has 0 radical (unpaired) electrons. The number of anilines is 1. The van der Waals surface area contributed by atoms with Gasteiger partial charge in [0.2, 0.25) is 5.91 Å². The zero-order valence-corrected chi connectivity index (χ0v) is 13.3. The number of methoxy groups -OCH3 is 1. The van der Waals surface area contributed by atoms with Crippen LogP contribution in [0.2, 0.25) is 0 Å². The first-order valence-electron chi connectivity index (χ1n) is 7.72. The molecule has 120 valence electrons. The lowest BCUT2D eigenvalue weighted by Crippen LogP contribution is -2.47. The Balaban J connectivity index is 1.78. The van der Waals surface area contributed by atoms with Crippen molar-refractivity contribution in [1.82, 2.24) is 10.2 Å². The standard InChI is InChI=1S/C17H25N3O2/c1-3-9-18-17(21)8-10-19-11-13-20(14-12-19)15-6-4-5-7-16(15)22-2/h3-7H,1,8-14H2,2H3,(H,18,21). The number of nitrogens with zero attached hydrogens (tertiary/aromatic N) is 2. The molecule has 1 aromatic carbocycles. The number of carbonyl (C=O) groups is 1. The second-order valence-electron chi connectivity index (χ2n) is 5.34. The highest BCUT2D eigenvalue weighted by Crippen LogP contribution is 2.28. The van der Waals surface area contributed by atoms with Crippen LogP contribution in [-0.2, 0) is 4.79 Å². The van der Waals surface area contributed by atoms with Crippen molar-refractivity contribution in [2.24, 2.45) is 0 Å². The van der Waals surface area contributed by atoms with Gasteiger partial charge in [0.05, 0.1) is 12.8 Å². The first-order chi connectivity index (χ1) is 10.7. The summed E-state index contributed by atoms with van der Waals surface area (Å²) in [4.78, 5) is 16.3. The molecule has 0 atom stereocenters. The molecular weight excluding hydrogens is 278 g/mol. The SMILES string of the molecule is C=CCNC(=O)CCN1CCN(c2ccccc2OC)CC1. The Bertz CT molecular complexity index is 496. The second-order valence-corrected chi connectivity index (χ2v) is 5.34. The van der Waals surface area contributed by atoms with Gasteiger partial charge < -0.3 is 15.0 Å². The van der Waals surface area contributed by atoms with Crippen molar-refractivity contribution in [3.63, 3.8) is 0 Å². The molecule has 1 N–H and O–H groups in total. The molecule has 5 nitrogen and oxygen atoms in total. The van der Waals surface area contributed by atoms with Crippen LogP contribution in [0.1, 0.15) is 6.42 Å². The van der Waals surface area contributed by atoms with Crippen LogP contribution in [-0.4, -0.2) is 57.2 Å². The topological polar surface area (TPSA) is 44.8 Å². The van der Waals surface area contributed by atoms with Gasteiger partial charge in [-0.25, -0.2) is 0 Å². The fourth-order valence-corrected chi connectivity index (χ4v) is 2.64. The predicted octanol–water partition coefficient (Wildman–Crippen LogP) is 1.51. The number of hydrogen-bond acceptors (Lipinski definition) is 4. The van der Waals surface area contributed by atoms with E-state index >= 15 is 0 Å². The molecule has 1 aliphatic rings. The molecule has 0 aliphatic carbocycles. The highest BCUT2D eigenvalue weighted by Gasteiger charge is 2.19. The summed E-state index contributed by atoms with van der Waals surface area (Å²) in [5.41, 5.74) is 1.15. The lowest BCUT2D eigenvalue weighted by molar-refractivity contribution is -0.121. The summed E-state index contributed by atoms with van der Waals surface area (Å²) in [7, 11) is 1.71. The van der Waals surface area contributed by atoms with E-state index in [4.69, 9.17) is 4.74 Å². The number of rotatable bonds is 7. The summed E-state index contributed by atoms with van der Waals surface area (Å²) < 4.78 is 5.43. The van der Waals surface area contributed by atoms with Crippen LogP contribution in [0, 0.1) is 0 Å². The maximum Gasteiger partial charge on any atom is 0.221 e. The van der Waals surface area contributed by atoms with Gasteiger partial charge in [0, 0.05) is 45.7 Å². The minimum absolute atomic E-state index is 0.0899. The Labute approximate surface area is 132 Å². The number of para-hydroxylation sites is 2. The van der Waals surface area contributed by atoms with E-state index in [0.29, 0.717) is 13.0 Å². The molecule has 22 heavy (non-hydrogen) atoms. The molecule has 2 rings (SSSR count). The number of hydrogen-bond donors (Lipinski definition) is 1. The summed E-state index contributed by atoms with van der Waals surface area (Å²) in [6.07, 6.45) is 2.24. The van der Waals surface area contributed by atoms with Crippen LogP contribution in [0.4, 0.5) is 5.69 Å². The van der Waals surface area contributed by atoms with Crippen molar-refractivity contribution >= 4 is 11.6 Å². The van der Waals surface area contributed by atoms with Gasteiger partial charge in [-0.2, -0.15) is 0 Å². The highest BCUT2D eigenvalue weighted by molar-refractivity contribution is 5.76. The molecule has 1 aromatic rings. The number of piperazine rings is 1. The third kappa shape index (κ3) is 4.49. The molecular formula is C17H25N3O2. The average Bonchev–Trinajstić information content (AvgIpc) is 2.58. The molecule has 0 spiro atoms. The maximum atomic E-state index is 11.6. The average molecular weight is 303 g/mol. The van der Waals surface area contributed by atoms with E-state index in [1.54, 1.807) is 13.2 Å². The summed E-state index contributed by atoms with van der Waals surface area (Å²) in [5, 5.41) is 2.81. The van der Waals surface area contributed by atoms with Gasteiger partial charge in [0.1, 0.15) is 5.75 Å². The van der Waals surface area contributed by atoms with Gasteiger partial charge in [0.15, 0.2) is 0 Å². The number of amides is 1. The van der Waals surface area contributed by atoms with E-state index < -0.39 is 0 Å². The smallest absolute Gasteiger partial charge is 0.221 e. The molecule has 1 amide bonds. The van der Waals surface area contributed by atoms with Gasteiger partial charge in [-0.1, -0.05) is 18.2 Å². The molecule has 1 heterocycles. The number of nitrogens with one attached hydrogen (secondary N) is 1. The number of carbonyl (C=O) groups excluding carboxylic acids is 1. The fraction of sp³-hybridized carbons (Fsp3) is 0.471. The zero-order chi connectivity index (χ0) is 15.8. The highest BCUT2D eigenvalue weighted by atomic mass is 16.5. The summed E-state index contributed by atoms with van der Waals surface area (Å²) in [5.74, 6) is 1.01. The Morgan fingerprint density at radius 1 is 1.32 bits per heavy atom. The monoisotopic (exact) mass is 303 g/mol. The van der Waals surface area contributed by atoms with Crippen LogP contribution >= 0.6 is 0 Å². The van der Waals surface area contributed by atoms with Crippen molar-refractivity contribution in [2.45, 2.75) is 6.42 Å². The zero-order valence-electron chi connectivity index (χ0n) is 13.3. The molecule has 0 aromatic heterocycles. The van der Waals surface area contributed by atoms with Gasteiger partial charge in [-0.3, -0.25) is 9.69 Å². The third-order valence-electron chi connectivity index (χ3n) is 3.90. The van der Waals surface area contributed by atoms with E-state index in [2.05, 4.69) is 27.8 Å². The Morgan fingerprint density at radius 3 is 2.73 bits per heavy atom. The van der Waals surface area contributed by atoms with Crippen LogP contribution in [0.15, 0.2) is 36.9 Å². The number of ether oxygens (including phenoxy) is 1. The van der Waals surface area contributed by atoms with Gasteiger partial charge >= 0.3 is 0 Å². The van der Waals surface area contributed by atoms with E-state index in [9.17, 15) is 4.79 Å². The Morgan fingerprint density at radius 2 is 2.05 bits per heavy atom. The minimum atomic E-state index is 0.0899. The predicted molar refractivity (Wildman–Crippen MR) is 89.5 cm³/mol. The third-order valence-corrected chi connectivity index (χ3v) is 3.90. The van der Waals surface area contributed by atoms with Crippen LogP contribution in [0.5, 0.6) is 5.75 Å². The van der Waals surface area contributed by atoms with Crippen molar-refractivity contribution in [1.29, 1.82) is 0 Å². The normalized spacial score (nSPS) is 15.4. The van der Waals surface area contributed by atoms with Crippen molar-refractivity contribution in [2.75, 3.05) is 51.3 Å². The quantitative estimate of drug-likeness (QED) is 0.776. The molecule has 1 fully saturated rings. The molecule has 1 aliphatic heterocycles. The van der Waals surface area contributed by atoms with Gasteiger partial charge in [-0.15, -0.1) is 6.58 Å². The van der Waals surface area contributed by atoms with E-state index in [0.717, 1.165) is 44.2 Å². The first-order valence-corrected chi connectivity index (χ1v) is 7.72. The van der Waals surface area contributed by atoms with E-state index in [-0.39, 0.29) is 5.91 Å². The summed E-state index contributed by atoms with van der Waals surface area (Å²) in [6, 6.07) is 8.11. The van der Waals surface area contributed by atoms with E-state index in [1.807, 2.05) is 18.2 Å². The van der Waals surface area contributed by atoms with Crippen LogP contribution < -0.4 is 15.0 Å². The molecule has 0 bridgehead atoms. The van der Waals surface area contributed by atoms with Crippen LogP contribution in [0.25, 0.3) is 0 Å². The lowest BCUT2D eigenvalue weighted by Gasteiger charge is -2.36. The van der Waals surface area contributed by atoms with Crippen molar-refractivity contribution < 1.29 is 9.53 Å². The molecule has 5 heteroatoms. The minimum Gasteiger partial charge on any atom is -0.495 e. The lowest BCUT2D eigenvalue weighted by atomic mass is 10.2. The molecule has 1 saturated heterocycles. The summed E-state index contributed by atoms with van der Waals surface area (Å²) in [6.45, 7) is 8.78. The Kier molecular flexibility index (Phi) is 6.27. The van der Waals surface area contributed by atoms with Gasteiger partial charge in [0.25, 0.3) is 0 Å². The summed E-state index contributed by atoms with van der Waals surface area (Å²) >= 11 is 0. The number of benzene rings is 1. The fourth-order valence-electron chi connectivity index (χ4n) is 2.64. The van der Waals surface area contributed by atoms with Crippen molar-refractivity contribution in [3.05, 3.63) is 36.9 Å². The molecule has 0 saturated carbocycles. The first kappa shape index (κ1) is 16.4. The largest absolute Gasteiger partial charge is 0.495 e.